The van der Waals surface area contributed by atoms with Crippen molar-refractivity contribution in [2.45, 2.75) is 20.8 Å². The van der Waals surface area contributed by atoms with E-state index in [1.807, 2.05) is 45.0 Å². The molecule has 0 saturated carbocycles. The zero-order valence-corrected chi connectivity index (χ0v) is 13.9. The average molecular weight is 297 g/mol. The Morgan fingerprint density at radius 1 is 1.14 bits per heavy atom. The Morgan fingerprint density at radius 2 is 1.62 bits per heavy atom. The normalized spacial score (nSPS) is 8.48. The molecular formula is C16H27NO4. The highest BCUT2D eigenvalue weighted by Crippen LogP contribution is 2.14. The number of nitrogens with zero attached hydrogens (tertiary/aromatic N) is 1. The van der Waals surface area contributed by atoms with Gasteiger partial charge in [0.25, 0.3) is 0 Å². The van der Waals surface area contributed by atoms with Crippen molar-refractivity contribution < 1.29 is 19.1 Å². The van der Waals surface area contributed by atoms with Crippen LogP contribution in [0, 0.1) is 6.92 Å². The van der Waals surface area contributed by atoms with Gasteiger partial charge in [-0.25, -0.2) is 0 Å². The number of esters is 1. The van der Waals surface area contributed by atoms with Gasteiger partial charge in [0.15, 0.2) is 0 Å². The fourth-order valence-electron chi connectivity index (χ4n) is 1.33. The molecular weight excluding hydrogens is 270 g/mol. The number of carbonyl (C=O) groups is 2. The van der Waals surface area contributed by atoms with E-state index in [4.69, 9.17) is 0 Å². The molecule has 5 nitrogen and oxygen atoms in total. The molecule has 0 amide bonds. The molecule has 0 aromatic heterocycles. The van der Waals surface area contributed by atoms with E-state index < -0.39 is 0 Å². The average Bonchev–Trinajstić information content (AvgIpc) is 2.50. The first-order valence-electron chi connectivity index (χ1n) is 6.81. The zero-order chi connectivity index (χ0) is 16.7. The van der Waals surface area contributed by atoms with Crippen LogP contribution in [-0.4, -0.2) is 46.7 Å². The first-order valence-corrected chi connectivity index (χ1v) is 6.81. The largest absolute Gasteiger partial charge is 0.468 e. The molecule has 21 heavy (non-hydrogen) atoms. The maximum absolute atomic E-state index is 11.2. The van der Waals surface area contributed by atoms with Gasteiger partial charge in [-0.1, -0.05) is 31.5 Å². The van der Waals surface area contributed by atoms with Crippen LogP contribution >= 0.6 is 0 Å². The highest BCUT2D eigenvalue weighted by atomic mass is 16.5. The molecule has 0 atom stereocenters. The van der Waals surface area contributed by atoms with Crippen molar-refractivity contribution in [1.29, 1.82) is 0 Å². The van der Waals surface area contributed by atoms with Crippen LogP contribution in [0.25, 0.3) is 0 Å². The second-order valence-corrected chi connectivity index (χ2v) is 3.87. The molecule has 0 bridgehead atoms. The molecule has 0 aliphatic carbocycles. The number of carbonyl (C=O) groups excluding carboxylic acids is 2. The van der Waals surface area contributed by atoms with Crippen LogP contribution in [0.2, 0.25) is 0 Å². The Morgan fingerprint density at radius 3 is 2.00 bits per heavy atom. The van der Waals surface area contributed by atoms with Gasteiger partial charge in [-0.15, -0.1) is 0 Å². The van der Waals surface area contributed by atoms with Crippen molar-refractivity contribution in [2.75, 3.05) is 39.3 Å². The SMILES string of the molecule is CC.COC.COC(=O)CN(CC=O)c1ccc(C)cc1. The number of rotatable bonds is 5. The number of anilines is 1. The third-order valence-corrected chi connectivity index (χ3v) is 2.24. The maximum atomic E-state index is 11.2. The van der Waals surface area contributed by atoms with E-state index in [0.717, 1.165) is 17.5 Å². The summed E-state index contributed by atoms with van der Waals surface area (Å²) in [6.45, 7) is 6.24. The summed E-state index contributed by atoms with van der Waals surface area (Å²) in [7, 11) is 4.58. The molecule has 1 aromatic carbocycles. The van der Waals surface area contributed by atoms with Crippen LogP contribution in [0.5, 0.6) is 0 Å². The molecule has 0 N–H and O–H groups in total. The molecule has 0 aliphatic heterocycles. The van der Waals surface area contributed by atoms with Gasteiger partial charge in [0.05, 0.1) is 13.7 Å². The van der Waals surface area contributed by atoms with Crippen LogP contribution < -0.4 is 4.90 Å². The monoisotopic (exact) mass is 297 g/mol. The Kier molecular flexibility index (Phi) is 14.8. The summed E-state index contributed by atoms with van der Waals surface area (Å²) in [5.41, 5.74) is 1.97. The molecule has 5 heteroatoms. The van der Waals surface area contributed by atoms with Gasteiger partial charge in [-0.05, 0) is 19.1 Å². The van der Waals surface area contributed by atoms with Crippen LogP contribution in [0.3, 0.4) is 0 Å². The Balaban J connectivity index is 0. The lowest BCUT2D eigenvalue weighted by Gasteiger charge is -2.20. The van der Waals surface area contributed by atoms with Crippen LogP contribution in [0.1, 0.15) is 19.4 Å². The van der Waals surface area contributed by atoms with Gasteiger partial charge < -0.3 is 19.2 Å². The molecule has 1 rings (SSSR count). The van der Waals surface area contributed by atoms with Gasteiger partial charge in [0.2, 0.25) is 0 Å². The number of benzene rings is 1. The minimum absolute atomic E-state index is 0.0816. The quantitative estimate of drug-likeness (QED) is 0.617. The summed E-state index contributed by atoms with van der Waals surface area (Å²) in [5, 5.41) is 0. The molecule has 0 aliphatic rings. The first kappa shape index (κ1) is 21.4. The summed E-state index contributed by atoms with van der Waals surface area (Å²) in [4.78, 5) is 23.4. The second-order valence-electron chi connectivity index (χ2n) is 3.87. The minimum Gasteiger partial charge on any atom is -0.468 e. The fourth-order valence-corrected chi connectivity index (χ4v) is 1.33. The van der Waals surface area contributed by atoms with E-state index in [0.29, 0.717) is 0 Å². The van der Waals surface area contributed by atoms with Crippen molar-refractivity contribution in [2.24, 2.45) is 0 Å². The molecule has 0 fully saturated rings. The first-order chi connectivity index (χ1) is 10.1. The number of aryl methyl sites for hydroxylation is 1. The topological polar surface area (TPSA) is 55.8 Å². The predicted molar refractivity (Wildman–Crippen MR) is 85.8 cm³/mol. The Hall–Kier alpha value is -1.88. The van der Waals surface area contributed by atoms with E-state index in [1.165, 1.54) is 7.11 Å². The lowest BCUT2D eigenvalue weighted by molar-refractivity contribution is -0.138. The van der Waals surface area contributed by atoms with Crippen molar-refractivity contribution >= 4 is 17.9 Å². The van der Waals surface area contributed by atoms with Crippen LogP contribution in [0.15, 0.2) is 24.3 Å². The van der Waals surface area contributed by atoms with E-state index in [9.17, 15) is 9.59 Å². The summed E-state index contributed by atoms with van der Waals surface area (Å²) in [5.74, 6) is -0.359. The highest BCUT2D eigenvalue weighted by molar-refractivity contribution is 5.77. The fraction of sp³-hybridized carbons (Fsp3) is 0.500. The van der Waals surface area contributed by atoms with Crippen LogP contribution in [0.4, 0.5) is 5.69 Å². The summed E-state index contributed by atoms with van der Waals surface area (Å²) >= 11 is 0. The van der Waals surface area contributed by atoms with Crippen molar-refractivity contribution in [1.82, 2.24) is 0 Å². The number of ether oxygens (including phenoxy) is 2. The van der Waals surface area contributed by atoms with Crippen molar-refractivity contribution in [3.05, 3.63) is 29.8 Å². The van der Waals surface area contributed by atoms with Gasteiger partial charge in [0, 0.05) is 19.9 Å². The minimum atomic E-state index is -0.359. The Bertz CT molecular complexity index is 376. The van der Waals surface area contributed by atoms with E-state index >= 15 is 0 Å². The highest BCUT2D eigenvalue weighted by Gasteiger charge is 2.10. The van der Waals surface area contributed by atoms with Crippen LogP contribution in [-0.2, 0) is 19.1 Å². The molecule has 0 heterocycles. The maximum Gasteiger partial charge on any atom is 0.325 e. The summed E-state index contributed by atoms with van der Waals surface area (Å²) in [6.07, 6.45) is 0.767. The third-order valence-electron chi connectivity index (χ3n) is 2.24. The summed E-state index contributed by atoms with van der Waals surface area (Å²) in [6, 6.07) is 7.62. The van der Waals surface area contributed by atoms with Gasteiger partial charge in [-0.3, -0.25) is 4.79 Å². The number of methoxy groups -OCH3 is 2. The van der Waals surface area contributed by atoms with E-state index in [1.54, 1.807) is 19.1 Å². The van der Waals surface area contributed by atoms with Crippen molar-refractivity contribution in [3.63, 3.8) is 0 Å². The molecule has 0 radical (unpaired) electrons. The third kappa shape index (κ3) is 10.6. The van der Waals surface area contributed by atoms with Gasteiger partial charge in [0.1, 0.15) is 12.8 Å². The van der Waals surface area contributed by atoms with Gasteiger partial charge >= 0.3 is 5.97 Å². The molecule has 120 valence electrons. The van der Waals surface area contributed by atoms with Gasteiger partial charge in [-0.2, -0.15) is 0 Å². The molecule has 0 unspecified atom stereocenters. The lowest BCUT2D eigenvalue weighted by atomic mass is 10.2. The number of hydrogen-bond acceptors (Lipinski definition) is 5. The number of hydrogen-bond donors (Lipinski definition) is 0. The predicted octanol–water partition coefficient (Wildman–Crippen LogP) is 2.46. The molecule has 0 saturated heterocycles. The Labute approximate surface area is 127 Å². The lowest BCUT2D eigenvalue weighted by Crippen LogP contribution is -2.32. The smallest absolute Gasteiger partial charge is 0.325 e. The van der Waals surface area contributed by atoms with Crippen molar-refractivity contribution in [3.8, 4) is 0 Å². The number of aldehydes is 1. The standard InChI is InChI=1S/C12H15NO3.C2H6O.C2H6/c1-10-3-5-11(6-4-10)13(7-8-14)9-12(15)16-2;1-3-2;1-2/h3-6,8H,7,9H2,1-2H3;1-2H3;1-2H3. The second kappa shape index (κ2) is 14.5. The van der Waals surface area contributed by atoms with E-state index in [-0.39, 0.29) is 19.1 Å². The van der Waals surface area contributed by atoms with E-state index in [2.05, 4.69) is 9.47 Å². The summed E-state index contributed by atoms with van der Waals surface area (Å²) < 4.78 is 8.83. The molecule has 0 spiro atoms. The zero-order valence-electron chi connectivity index (χ0n) is 13.9. The molecule has 1 aromatic rings.